The summed E-state index contributed by atoms with van der Waals surface area (Å²) < 4.78 is 9.49. The zero-order valence-corrected chi connectivity index (χ0v) is 20.7. The van der Waals surface area contributed by atoms with E-state index in [9.17, 15) is 0 Å². The summed E-state index contributed by atoms with van der Waals surface area (Å²) in [4.78, 5) is 0. The quantitative estimate of drug-likeness (QED) is 0.123. The predicted octanol–water partition coefficient (Wildman–Crippen LogP) is 6.78. The fraction of sp³-hybridized carbons (Fsp3) is 0.727. The second-order valence-electron chi connectivity index (χ2n) is 8.23. The summed E-state index contributed by atoms with van der Waals surface area (Å²) in [5.74, 6) is 0. The minimum atomic E-state index is -1.71. The Bertz CT molecular complexity index is 495. The summed E-state index contributed by atoms with van der Waals surface area (Å²) in [6.07, 6.45) is 10.1. The van der Waals surface area contributed by atoms with Crippen molar-refractivity contribution in [2.75, 3.05) is 33.2 Å². The van der Waals surface area contributed by atoms with Crippen LogP contribution in [0.3, 0.4) is 0 Å². The van der Waals surface area contributed by atoms with E-state index in [4.69, 9.17) is 9.47 Å². The first-order valence-corrected chi connectivity index (χ1v) is 16.6. The van der Waals surface area contributed by atoms with Crippen molar-refractivity contribution in [2.24, 2.45) is 0 Å². The average molecular weight is 494 g/mol. The fourth-order valence-electron chi connectivity index (χ4n) is 3.38. The SMILES string of the molecule is CCOC(CCCCCCCCc1ccccc1P(C)(C)(C)I)OCC. The number of aryl methyl sites for hydroxylation is 1. The van der Waals surface area contributed by atoms with Gasteiger partial charge in [0, 0.05) is 13.2 Å². The molecule has 1 aromatic carbocycles. The molecule has 1 rings (SSSR count). The van der Waals surface area contributed by atoms with Gasteiger partial charge in [-0.05, 0) is 13.8 Å². The molecule has 0 aliphatic rings. The molecule has 0 atom stereocenters. The third kappa shape index (κ3) is 10.0. The van der Waals surface area contributed by atoms with Crippen molar-refractivity contribution in [3.8, 4) is 0 Å². The van der Waals surface area contributed by atoms with Crippen molar-refractivity contribution in [2.45, 2.75) is 71.5 Å². The first kappa shape index (κ1) is 24.3. The number of hydrogen-bond donors (Lipinski definition) is 0. The molecule has 152 valence electrons. The Morgan fingerprint density at radius 3 is 1.96 bits per heavy atom. The third-order valence-corrected chi connectivity index (χ3v) is 8.27. The van der Waals surface area contributed by atoms with E-state index in [2.05, 4.69) is 66.3 Å². The van der Waals surface area contributed by atoms with E-state index in [0.717, 1.165) is 19.6 Å². The fourth-order valence-corrected chi connectivity index (χ4v) is 6.54. The molecule has 0 N–H and O–H groups in total. The van der Waals surface area contributed by atoms with Crippen molar-refractivity contribution in [1.82, 2.24) is 0 Å². The summed E-state index contributed by atoms with van der Waals surface area (Å²) in [7, 11) is 0. The number of rotatable bonds is 14. The zero-order valence-electron chi connectivity index (χ0n) is 17.6. The van der Waals surface area contributed by atoms with E-state index in [1.165, 1.54) is 44.9 Å². The molecule has 0 heterocycles. The van der Waals surface area contributed by atoms with Gasteiger partial charge in [0.05, 0.1) is 0 Å². The maximum absolute atomic E-state index is 5.60. The predicted molar refractivity (Wildman–Crippen MR) is 128 cm³/mol. The van der Waals surface area contributed by atoms with Crippen LogP contribution < -0.4 is 5.30 Å². The number of benzene rings is 1. The zero-order chi connectivity index (χ0) is 19.5. The van der Waals surface area contributed by atoms with Gasteiger partial charge in [-0.2, -0.15) is 0 Å². The summed E-state index contributed by atoms with van der Waals surface area (Å²) in [6, 6.07) is 9.10. The first-order chi connectivity index (χ1) is 12.2. The van der Waals surface area contributed by atoms with Crippen LogP contribution in [0.4, 0.5) is 0 Å². The van der Waals surface area contributed by atoms with E-state index in [-0.39, 0.29) is 6.29 Å². The molecule has 0 bridgehead atoms. The molecule has 0 unspecified atom stereocenters. The van der Waals surface area contributed by atoms with E-state index in [1.54, 1.807) is 10.9 Å². The van der Waals surface area contributed by atoms with E-state index in [0.29, 0.717) is 0 Å². The van der Waals surface area contributed by atoms with Gasteiger partial charge in [-0.15, -0.1) is 0 Å². The van der Waals surface area contributed by atoms with Gasteiger partial charge in [-0.1, -0.05) is 0 Å². The Morgan fingerprint density at radius 1 is 0.846 bits per heavy atom. The molecule has 1 aromatic rings. The first-order valence-electron chi connectivity index (χ1n) is 10.3. The van der Waals surface area contributed by atoms with Gasteiger partial charge in [-0.25, -0.2) is 0 Å². The number of hydrogen-bond acceptors (Lipinski definition) is 2. The normalized spacial score (nSPS) is 13.7. The van der Waals surface area contributed by atoms with Crippen LogP contribution in [0.1, 0.15) is 64.4 Å². The van der Waals surface area contributed by atoms with Gasteiger partial charge in [0.25, 0.3) is 0 Å². The molecule has 0 spiro atoms. The van der Waals surface area contributed by atoms with Gasteiger partial charge in [0.2, 0.25) is 0 Å². The van der Waals surface area contributed by atoms with Crippen LogP contribution in [0.5, 0.6) is 0 Å². The molecule has 0 fully saturated rings. The molecule has 0 aliphatic carbocycles. The number of unbranched alkanes of at least 4 members (excludes halogenated alkanes) is 5. The molecule has 4 heteroatoms. The molecular weight excluding hydrogens is 454 g/mol. The number of ether oxygens (including phenoxy) is 2. The second kappa shape index (κ2) is 12.0. The molecule has 0 saturated carbocycles. The van der Waals surface area contributed by atoms with Gasteiger partial charge in [0.15, 0.2) is 0 Å². The number of halogens is 1. The molecule has 0 radical (unpaired) electrons. The van der Waals surface area contributed by atoms with Crippen LogP contribution >= 0.6 is 26.3 Å². The Kier molecular flexibility index (Phi) is 11.2. The van der Waals surface area contributed by atoms with Gasteiger partial charge in [0.1, 0.15) is 0 Å². The molecule has 2 nitrogen and oxygen atoms in total. The monoisotopic (exact) mass is 494 g/mol. The summed E-state index contributed by atoms with van der Waals surface area (Å²) in [6.45, 7) is 12.9. The van der Waals surface area contributed by atoms with Crippen LogP contribution in [0.2, 0.25) is 0 Å². The molecule has 26 heavy (non-hydrogen) atoms. The molecule has 0 amide bonds. The van der Waals surface area contributed by atoms with E-state index < -0.39 is 4.25 Å². The minimum Gasteiger partial charge on any atom is -0.0414 e. The summed E-state index contributed by atoms with van der Waals surface area (Å²) in [5, 5.41) is 1.61. The average Bonchev–Trinajstić information content (AvgIpc) is 2.56. The minimum absolute atomic E-state index is 0.00316. The molecular formula is C22H40IO2P. The van der Waals surface area contributed by atoms with Gasteiger partial charge >= 0.3 is 149 Å². The Balaban J connectivity index is 2.23. The van der Waals surface area contributed by atoms with Gasteiger partial charge < -0.3 is 0 Å². The van der Waals surface area contributed by atoms with Crippen LogP contribution in [-0.4, -0.2) is 39.5 Å². The van der Waals surface area contributed by atoms with Crippen LogP contribution in [0.25, 0.3) is 0 Å². The van der Waals surface area contributed by atoms with Crippen molar-refractivity contribution in [3.05, 3.63) is 29.8 Å². The summed E-state index contributed by atoms with van der Waals surface area (Å²) >= 11 is 2.71. The second-order valence-corrected chi connectivity index (χ2v) is 24.1. The van der Waals surface area contributed by atoms with Crippen LogP contribution in [0, 0.1) is 0 Å². The van der Waals surface area contributed by atoms with E-state index in [1.807, 2.05) is 13.8 Å². The van der Waals surface area contributed by atoms with Crippen molar-refractivity contribution < 1.29 is 9.47 Å². The van der Waals surface area contributed by atoms with Crippen LogP contribution in [-0.2, 0) is 15.9 Å². The smallest absolute Gasteiger partial charge is 0.0414 e. The summed E-state index contributed by atoms with van der Waals surface area (Å²) in [5.41, 5.74) is 1.57. The Morgan fingerprint density at radius 2 is 1.38 bits per heavy atom. The topological polar surface area (TPSA) is 18.5 Å². The van der Waals surface area contributed by atoms with Crippen molar-refractivity contribution in [3.63, 3.8) is 0 Å². The van der Waals surface area contributed by atoms with Crippen LogP contribution in [0.15, 0.2) is 24.3 Å². The molecule has 0 aliphatic heterocycles. The van der Waals surface area contributed by atoms with E-state index >= 15 is 0 Å². The molecule has 0 aromatic heterocycles. The maximum atomic E-state index is 5.60. The van der Waals surface area contributed by atoms with Crippen molar-refractivity contribution >= 4 is 31.6 Å². The molecule has 0 saturated heterocycles. The Hall–Kier alpha value is 0.300. The Labute approximate surface area is 175 Å². The standard InChI is InChI=1S/C22H40IO2P/c1-6-24-22(25-7-2)19-13-11-9-8-10-12-16-20-17-14-15-18-21(20)26(3,4,5)23/h14-15,17-18,22H,6-13,16,19H2,1-5H3. The van der Waals surface area contributed by atoms with Crippen molar-refractivity contribution in [1.29, 1.82) is 0 Å². The van der Waals surface area contributed by atoms with Gasteiger partial charge in [-0.3, -0.25) is 0 Å². The third-order valence-electron chi connectivity index (χ3n) is 4.65.